The second kappa shape index (κ2) is 8.79. The minimum Gasteiger partial charge on any atom is -0.492 e. The predicted octanol–water partition coefficient (Wildman–Crippen LogP) is 5.10. The summed E-state index contributed by atoms with van der Waals surface area (Å²) in [6, 6.07) is 25.7. The highest BCUT2D eigenvalue weighted by Gasteiger charge is 2.43. The topological polar surface area (TPSA) is 48.0 Å². The third-order valence-electron chi connectivity index (χ3n) is 5.92. The molecule has 0 saturated carbocycles. The average molecular weight is 428 g/mol. The molecule has 5 nitrogen and oxygen atoms in total. The molecule has 1 atom stereocenters. The highest BCUT2D eigenvalue weighted by molar-refractivity contribution is 5.69. The van der Waals surface area contributed by atoms with Crippen LogP contribution in [-0.4, -0.2) is 30.7 Å². The van der Waals surface area contributed by atoms with E-state index in [9.17, 15) is 4.79 Å². The van der Waals surface area contributed by atoms with Crippen LogP contribution in [-0.2, 0) is 23.4 Å². The molecule has 0 N–H and O–H groups in total. The lowest BCUT2D eigenvalue weighted by atomic mass is 9.80. The van der Waals surface area contributed by atoms with Gasteiger partial charge in [0, 0.05) is 24.7 Å². The molecule has 1 spiro atoms. The molecule has 5 rings (SSSR count). The zero-order valence-electron chi connectivity index (χ0n) is 17.8. The molecule has 162 valence electrons. The van der Waals surface area contributed by atoms with Gasteiger partial charge >= 0.3 is 6.09 Å². The molecule has 2 heterocycles. The van der Waals surface area contributed by atoms with Gasteiger partial charge in [-0.3, -0.25) is 0 Å². The van der Waals surface area contributed by atoms with Crippen LogP contribution in [0.5, 0.6) is 11.5 Å². The van der Waals surface area contributed by atoms with Crippen molar-refractivity contribution in [2.75, 3.05) is 19.7 Å². The monoisotopic (exact) mass is 427 g/mol. The Hall–Kier alpha value is -3.73. The summed E-state index contributed by atoms with van der Waals surface area (Å²) < 4.78 is 17.5. The molecule has 5 heteroatoms. The van der Waals surface area contributed by atoms with Crippen LogP contribution in [0.1, 0.15) is 16.7 Å². The summed E-state index contributed by atoms with van der Waals surface area (Å²) in [5.41, 5.74) is 2.80. The summed E-state index contributed by atoms with van der Waals surface area (Å²) in [5.74, 6) is 1.57. The van der Waals surface area contributed by atoms with Crippen molar-refractivity contribution < 1.29 is 19.0 Å². The summed E-state index contributed by atoms with van der Waals surface area (Å²) in [6.07, 6.45) is 3.87. The van der Waals surface area contributed by atoms with Crippen molar-refractivity contribution >= 4 is 6.09 Å². The summed E-state index contributed by atoms with van der Waals surface area (Å²) in [4.78, 5) is 14.4. The summed E-state index contributed by atoms with van der Waals surface area (Å²) in [5, 5.41) is 0. The number of hydrogen-bond acceptors (Lipinski definition) is 4. The molecule has 0 aromatic heterocycles. The summed E-state index contributed by atoms with van der Waals surface area (Å²) >= 11 is 0. The zero-order valence-corrected chi connectivity index (χ0v) is 17.8. The fraction of sp³-hybridized carbons (Fsp3) is 0.222. The fourth-order valence-electron chi connectivity index (χ4n) is 4.23. The Morgan fingerprint density at radius 1 is 0.938 bits per heavy atom. The minimum atomic E-state index is -0.364. The van der Waals surface area contributed by atoms with Crippen molar-refractivity contribution in [3.63, 3.8) is 0 Å². The van der Waals surface area contributed by atoms with Crippen molar-refractivity contribution in [2.45, 2.75) is 18.6 Å². The van der Waals surface area contributed by atoms with E-state index in [4.69, 9.17) is 14.2 Å². The molecule has 3 aromatic carbocycles. The lowest BCUT2D eigenvalue weighted by Gasteiger charge is -2.35. The van der Waals surface area contributed by atoms with Crippen molar-refractivity contribution in [3.05, 3.63) is 108 Å². The molecule has 3 aromatic rings. The number of carbonyl (C=O) groups excluding carboxylic acids is 1. The Bertz CT molecular complexity index is 1110. The SMILES string of the molecule is O=C(OCc1ccccc1)N1CC=CC2(COc3cc(OCc4ccccc4)ccc32)C1. The first-order chi connectivity index (χ1) is 15.7. The van der Waals surface area contributed by atoms with E-state index in [-0.39, 0.29) is 18.1 Å². The van der Waals surface area contributed by atoms with Gasteiger partial charge in [0.15, 0.2) is 0 Å². The molecule has 0 fully saturated rings. The molecule has 0 bridgehead atoms. The molecule has 0 aliphatic carbocycles. The Kier molecular flexibility index (Phi) is 5.55. The minimum absolute atomic E-state index is 0.266. The van der Waals surface area contributed by atoms with Crippen LogP contribution in [0.2, 0.25) is 0 Å². The van der Waals surface area contributed by atoms with Crippen LogP contribution in [0.4, 0.5) is 4.79 Å². The van der Waals surface area contributed by atoms with E-state index >= 15 is 0 Å². The lowest BCUT2D eigenvalue weighted by Crippen LogP contribution is -2.47. The van der Waals surface area contributed by atoms with Gasteiger partial charge in [0.2, 0.25) is 0 Å². The van der Waals surface area contributed by atoms with E-state index in [0.29, 0.717) is 26.3 Å². The van der Waals surface area contributed by atoms with Crippen LogP contribution in [0.25, 0.3) is 0 Å². The van der Waals surface area contributed by atoms with Crippen LogP contribution in [0.15, 0.2) is 91.0 Å². The number of carbonyl (C=O) groups is 1. The van der Waals surface area contributed by atoms with Gasteiger partial charge < -0.3 is 19.1 Å². The molecule has 32 heavy (non-hydrogen) atoms. The third-order valence-corrected chi connectivity index (χ3v) is 5.92. The number of ether oxygens (including phenoxy) is 3. The van der Waals surface area contributed by atoms with Gasteiger partial charge in [0.05, 0.1) is 5.41 Å². The first-order valence-corrected chi connectivity index (χ1v) is 10.8. The van der Waals surface area contributed by atoms with E-state index in [1.165, 1.54) is 0 Å². The van der Waals surface area contributed by atoms with Gasteiger partial charge in [0.1, 0.15) is 31.3 Å². The summed E-state index contributed by atoms with van der Waals surface area (Å²) in [6.45, 7) is 2.31. The van der Waals surface area contributed by atoms with Crippen molar-refractivity contribution in [3.8, 4) is 11.5 Å². The first-order valence-electron chi connectivity index (χ1n) is 10.8. The van der Waals surface area contributed by atoms with Crippen LogP contribution in [0, 0.1) is 0 Å². The number of rotatable bonds is 5. The third kappa shape index (κ3) is 4.19. The van der Waals surface area contributed by atoms with Crippen LogP contribution < -0.4 is 9.47 Å². The van der Waals surface area contributed by atoms with E-state index < -0.39 is 0 Å². The highest BCUT2D eigenvalue weighted by atomic mass is 16.6. The summed E-state index contributed by atoms with van der Waals surface area (Å²) in [7, 11) is 0. The molecular weight excluding hydrogens is 402 g/mol. The highest BCUT2D eigenvalue weighted by Crippen LogP contribution is 2.43. The van der Waals surface area contributed by atoms with Gasteiger partial charge in [-0.2, -0.15) is 0 Å². The van der Waals surface area contributed by atoms with E-state index in [1.54, 1.807) is 4.90 Å². The molecule has 2 aliphatic rings. The van der Waals surface area contributed by atoms with E-state index in [0.717, 1.165) is 28.2 Å². The molecule has 1 amide bonds. The Morgan fingerprint density at radius 3 is 2.41 bits per heavy atom. The maximum Gasteiger partial charge on any atom is 0.410 e. The van der Waals surface area contributed by atoms with Gasteiger partial charge in [0.25, 0.3) is 0 Å². The standard InChI is InChI=1S/C27H25NO4/c29-26(31-18-22-10-5-2-6-11-22)28-15-7-14-27(19-28)20-32-25-16-23(12-13-24(25)27)30-17-21-8-3-1-4-9-21/h1-14,16H,15,17-20H2. The molecule has 2 aliphatic heterocycles. The number of nitrogens with zero attached hydrogens (tertiary/aromatic N) is 1. The smallest absolute Gasteiger partial charge is 0.410 e. The maximum absolute atomic E-state index is 12.7. The van der Waals surface area contributed by atoms with E-state index in [1.807, 2.05) is 84.9 Å². The van der Waals surface area contributed by atoms with Gasteiger partial charge in [-0.25, -0.2) is 4.79 Å². The van der Waals surface area contributed by atoms with Crippen molar-refractivity contribution in [2.24, 2.45) is 0 Å². The van der Waals surface area contributed by atoms with Crippen LogP contribution >= 0.6 is 0 Å². The predicted molar refractivity (Wildman–Crippen MR) is 122 cm³/mol. The number of fused-ring (bicyclic) bond motifs is 2. The lowest BCUT2D eigenvalue weighted by molar-refractivity contribution is 0.0896. The molecule has 1 unspecified atom stereocenters. The number of hydrogen-bond donors (Lipinski definition) is 0. The Balaban J connectivity index is 1.25. The zero-order chi connectivity index (χ0) is 21.8. The number of amides is 1. The number of benzene rings is 3. The fourth-order valence-corrected chi connectivity index (χ4v) is 4.23. The largest absolute Gasteiger partial charge is 0.492 e. The normalized spacial score (nSPS) is 18.8. The van der Waals surface area contributed by atoms with Crippen molar-refractivity contribution in [1.29, 1.82) is 0 Å². The van der Waals surface area contributed by atoms with Gasteiger partial charge in [-0.05, 0) is 17.2 Å². The quantitative estimate of drug-likeness (QED) is 0.531. The second-order valence-corrected chi connectivity index (χ2v) is 8.20. The van der Waals surface area contributed by atoms with Gasteiger partial charge in [-0.1, -0.05) is 78.9 Å². The maximum atomic E-state index is 12.7. The average Bonchev–Trinajstić information content (AvgIpc) is 3.19. The Labute approximate surface area is 187 Å². The Morgan fingerprint density at radius 2 is 1.66 bits per heavy atom. The molecule has 0 radical (unpaired) electrons. The molecular formula is C27H25NO4. The van der Waals surface area contributed by atoms with Crippen molar-refractivity contribution in [1.82, 2.24) is 4.90 Å². The molecule has 0 saturated heterocycles. The van der Waals surface area contributed by atoms with E-state index in [2.05, 4.69) is 6.08 Å². The van der Waals surface area contributed by atoms with Crippen LogP contribution in [0.3, 0.4) is 0 Å². The second-order valence-electron chi connectivity index (χ2n) is 8.20. The van der Waals surface area contributed by atoms with Gasteiger partial charge in [-0.15, -0.1) is 0 Å². The first kappa shape index (κ1) is 20.2.